The largest absolute Gasteiger partial charge is 0.310 e. The molecule has 0 fully saturated rings. The minimum Gasteiger partial charge on any atom is -0.258 e. The lowest BCUT2D eigenvalue weighted by Crippen LogP contribution is -2.24. The average molecular weight is 473 g/mol. The van der Waals surface area contributed by atoms with Gasteiger partial charge in [-0.1, -0.05) is 34.1 Å². The Hall–Kier alpha value is -4.06. The predicted octanol–water partition coefficient (Wildman–Crippen LogP) is 5.16. The van der Waals surface area contributed by atoms with Crippen molar-refractivity contribution in [3.63, 3.8) is 0 Å². The van der Waals surface area contributed by atoms with Crippen molar-refractivity contribution < 1.29 is 14.8 Å². The Bertz CT molecular complexity index is 1090. The average Bonchev–Trinajstić information content (AvgIpc) is 2.72. The molecule has 30 heavy (non-hydrogen) atoms. The number of halogens is 1. The fourth-order valence-electron chi connectivity index (χ4n) is 2.59. The van der Waals surface area contributed by atoms with E-state index in [1.165, 1.54) is 5.01 Å². The van der Waals surface area contributed by atoms with Crippen LogP contribution in [0.15, 0.2) is 71.2 Å². The van der Waals surface area contributed by atoms with Gasteiger partial charge >= 0.3 is 11.4 Å². The number of nitro benzene ring substituents is 3. The smallest absolute Gasteiger partial charge is 0.258 e. The Kier molecular flexibility index (Phi) is 5.88. The maximum Gasteiger partial charge on any atom is 0.310 e. The fourth-order valence-corrected chi connectivity index (χ4v) is 2.86. The topological polar surface area (TPSA) is 147 Å². The number of non-ortho nitro benzene ring substituents is 1. The first-order chi connectivity index (χ1) is 14.3. The summed E-state index contributed by atoms with van der Waals surface area (Å²) in [5.41, 5.74) is 2.03. The van der Waals surface area contributed by atoms with E-state index in [9.17, 15) is 30.3 Å². The highest BCUT2D eigenvalue weighted by Gasteiger charge is 2.33. The molecule has 151 valence electrons. The summed E-state index contributed by atoms with van der Waals surface area (Å²) in [6, 6.07) is 16.5. The minimum absolute atomic E-state index is 0.464. The van der Waals surface area contributed by atoms with Crippen LogP contribution in [-0.2, 0) is 0 Å². The summed E-state index contributed by atoms with van der Waals surface area (Å²) in [6.07, 6.45) is 0. The van der Waals surface area contributed by atoms with Crippen molar-refractivity contribution in [3.05, 3.63) is 102 Å². The second-order valence-corrected chi connectivity index (χ2v) is 6.74. The van der Waals surface area contributed by atoms with Gasteiger partial charge < -0.3 is 0 Å². The molecule has 12 heteroatoms. The zero-order valence-electron chi connectivity index (χ0n) is 14.9. The Labute approximate surface area is 177 Å². The van der Waals surface area contributed by atoms with Gasteiger partial charge in [-0.3, -0.25) is 30.3 Å². The lowest BCUT2D eigenvalue weighted by molar-refractivity contribution is -0.402. The van der Waals surface area contributed by atoms with E-state index in [4.69, 9.17) is 0 Å². The van der Waals surface area contributed by atoms with Gasteiger partial charge in [0.05, 0.1) is 38.3 Å². The van der Waals surface area contributed by atoms with Crippen molar-refractivity contribution in [1.29, 1.82) is 0 Å². The van der Waals surface area contributed by atoms with E-state index in [0.717, 1.165) is 4.47 Å². The highest BCUT2D eigenvalue weighted by atomic mass is 79.9. The van der Waals surface area contributed by atoms with Crippen LogP contribution >= 0.6 is 15.9 Å². The van der Waals surface area contributed by atoms with E-state index in [0.29, 0.717) is 23.5 Å². The van der Waals surface area contributed by atoms with Crippen molar-refractivity contribution in [2.75, 3.05) is 5.01 Å². The normalized spacial score (nSPS) is 10.3. The third kappa shape index (κ3) is 4.33. The van der Waals surface area contributed by atoms with Crippen LogP contribution in [0.4, 0.5) is 34.1 Å². The van der Waals surface area contributed by atoms with Gasteiger partial charge in [-0.05, 0) is 36.4 Å². The maximum absolute atomic E-state index is 11.5. The summed E-state index contributed by atoms with van der Waals surface area (Å²) < 4.78 is 0.770. The van der Waals surface area contributed by atoms with Gasteiger partial charge in [0.15, 0.2) is 0 Å². The number of hydrogen-bond donors (Lipinski definition) is 0. The molecule has 0 amide bonds. The van der Waals surface area contributed by atoms with Crippen LogP contribution < -0.4 is 10.4 Å². The van der Waals surface area contributed by atoms with Crippen LogP contribution in [0, 0.1) is 30.3 Å². The molecule has 0 aliphatic carbocycles. The number of rotatable bonds is 7. The van der Waals surface area contributed by atoms with Gasteiger partial charge in [-0.25, -0.2) is 5.01 Å². The summed E-state index contributed by atoms with van der Waals surface area (Å²) in [4.78, 5) is 31.3. The molecule has 3 aromatic carbocycles. The Balaban J connectivity index is 2.21. The van der Waals surface area contributed by atoms with Crippen molar-refractivity contribution >= 4 is 50.1 Å². The van der Waals surface area contributed by atoms with Gasteiger partial charge in [-0.2, -0.15) is 5.43 Å². The summed E-state index contributed by atoms with van der Waals surface area (Å²) >= 11 is 3.31. The molecule has 0 bridgehead atoms. The molecule has 11 nitrogen and oxygen atoms in total. The zero-order valence-corrected chi connectivity index (χ0v) is 16.5. The molecule has 0 saturated carbocycles. The summed E-state index contributed by atoms with van der Waals surface area (Å²) in [7, 11) is 0. The number of nitrogens with zero attached hydrogens (tertiary/aromatic N) is 5. The van der Waals surface area contributed by atoms with E-state index in [1.54, 1.807) is 54.6 Å². The van der Waals surface area contributed by atoms with Crippen LogP contribution in [0.3, 0.4) is 0 Å². The molecule has 0 unspecified atom stereocenters. The second kappa shape index (κ2) is 8.53. The van der Waals surface area contributed by atoms with E-state index in [-0.39, 0.29) is 0 Å². The molecule has 0 spiro atoms. The molecule has 0 aliphatic rings. The van der Waals surface area contributed by atoms with E-state index in [2.05, 4.69) is 21.4 Å². The van der Waals surface area contributed by atoms with Gasteiger partial charge in [-0.15, -0.1) is 0 Å². The molecule has 0 atom stereocenters. The molecule has 0 heterocycles. The van der Waals surface area contributed by atoms with Crippen molar-refractivity contribution in [1.82, 2.24) is 5.43 Å². The van der Waals surface area contributed by atoms with Crippen LogP contribution in [0.5, 0.6) is 0 Å². The van der Waals surface area contributed by atoms with E-state index >= 15 is 0 Å². The number of hydrogen-bond acceptors (Lipinski definition) is 7. The van der Waals surface area contributed by atoms with E-state index < -0.39 is 37.5 Å². The standard InChI is InChI=1S/C18H11BrN5O6/c19-12-6-8-14(9-7-12)21(13-4-2-1-3-5-13)20-18-16(23(27)28)10-15(22(25)26)11-17(18)24(29)30/h1-11H. The summed E-state index contributed by atoms with van der Waals surface area (Å²) in [5.74, 6) is 0. The molecule has 0 saturated heterocycles. The third-order valence-electron chi connectivity index (χ3n) is 3.93. The van der Waals surface area contributed by atoms with Gasteiger partial charge in [0, 0.05) is 4.47 Å². The molecule has 3 rings (SSSR count). The first kappa shape index (κ1) is 20.7. The van der Waals surface area contributed by atoms with Crippen molar-refractivity contribution in [2.45, 2.75) is 0 Å². The van der Waals surface area contributed by atoms with Crippen LogP contribution in [0.25, 0.3) is 0 Å². The van der Waals surface area contributed by atoms with Crippen LogP contribution in [-0.4, -0.2) is 14.8 Å². The Morgan fingerprint density at radius 3 is 1.70 bits per heavy atom. The fraction of sp³-hybridized carbons (Fsp3) is 0. The van der Waals surface area contributed by atoms with Gasteiger partial charge in [0.1, 0.15) is 0 Å². The van der Waals surface area contributed by atoms with Crippen molar-refractivity contribution in [3.8, 4) is 0 Å². The second-order valence-electron chi connectivity index (χ2n) is 5.83. The number of nitro groups is 3. The van der Waals surface area contributed by atoms with Crippen LogP contribution in [0.1, 0.15) is 0 Å². The number of anilines is 2. The third-order valence-corrected chi connectivity index (χ3v) is 4.46. The molecule has 1 radical (unpaired) electrons. The number of benzene rings is 3. The minimum atomic E-state index is -0.941. The Morgan fingerprint density at radius 2 is 1.23 bits per heavy atom. The molecule has 3 aromatic rings. The molecule has 0 N–H and O–H groups in total. The number of para-hydroxylation sites is 1. The van der Waals surface area contributed by atoms with Crippen molar-refractivity contribution in [2.24, 2.45) is 0 Å². The van der Waals surface area contributed by atoms with Crippen LogP contribution in [0.2, 0.25) is 0 Å². The van der Waals surface area contributed by atoms with E-state index in [1.807, 2.05) is 0 Å². The quantitative estimate of drug-likeness (QED) is 0.340. The SMILES string of the molecule is O=[N+]([O-])c1cc([N+](=O)[O-])c([N]N(c2ccccc2)c2ccc(Br)cc2)c([N+](=O)[O-])c1. The summed E-state index contributed by atoms with van der Waals surface area (Å²) in [6.45, 7) is 0. The lowest BCUT2D eigenvalue weighted by Gasteiger charge is -2.23. The van der Waals surface area contributed by atoms with Gasteiger partial charge in [0.2, 0.25) is 5.69 Å². The first-order valence-corrected chi connectivity index (χ1v) is 9.01. The highest BCUT2D eigenvalue weighted by molar-refractivity contribution is 9.10. The predicted molar refractivity (Wildman–Crippen MR) is 111 cm³/mol. The zero-order chi connectivity index (χ0) is 21.8. The molecule has 0 aromatic heterocycles. The lowest BCUT2D eigenvalue weighted by atomic mass is 10.2. The summed E-state index contributed by atoms with van der Waals surface area (Å²) in [5, 5.41) is 35.5. The Morgan fingerprint density at radius 1 is 0.733 bits per heavy atom. The van der Waals surface area contributed by atoms with Gasteiger partial charge in [0.25, 0.3) is 5.69 Å². The molecular formula is C18H11BrN5O6. The first-order valence-electron chi connectivity index (χ1n) is 8.21. The highest BCUT2D eigenvalue weighted by Crippen LogP contribution is 2.40. The molecular weight excluding hydrogens is 462 g/mol. The molecule has 0 aliphatic heterocycles. The monoisotopic (exact) mass is 472 g/mol. The maximum atomic E-state index is 11.5.